The van der Waals surface area contributed by atoms with Gasteiger partial charge in [-0.2, -0.15) is 5.10 Å². The molecule has 1 aromatic carbocycles. The van der Waals surface area contributed by atoms with Crippen molar-refractivity contribution in [2.24, 2.45) is 7.05 Å². The van der Waals surface area contributed by atoms with E-state index in [2.05, 4.69) is 41.7 Å². The predicted octanol–water partition coefficient (Wildman–Crippen LogP) is 2.38. The fourth-order valence-corrected chi connectivity index (χ4v) is 2.83. The number of aryl methyl sites for hydroxylation is 2. The van der Waals surface area contributed by atoms with Gasteiger partial charge in [0.1, 0.15) is 5.75 Å². The van der Waals surface area contributed by atoms with Gasteiger partial charge in [-0.25, -0.2) is 0 Å². The Hall–Kier alpha value is -1.81. The number of nitrogens with zero attached hydrogens (tertiary/aromatic N) is 2. The number of hydrogen-bond acceptors (Lipinski definition) is 3. The minimum atomic E-state index is 0.539. The number of hydrogen-bond donors (Lipinski definition) is 1. The number of rotatable bonds is 4. The number of benzene rings is 1. The Labute approximate surface area is 119 Å². The van der Waals surface area contributed by atoms with E-state index in [1.165, 1.54) is 11.1 Å². The zero-order chi connectivity index (χ0) is 13.9. The lowest BCUT2D eigenvalue weighted by atomic mass is 9.93. The van der Waals surface area contributed by atoms with Crippen LogP contribution in [-0.2, 0) is 13.6 Å². The molecule has 1 aliphatic rings. The van der Waals surface area contributed by atoms with Crippen LogP contribution in [0.4, 0.5) is 0 Å². The first kappa shape index (κ1) is 13.2. The topological polar surface area (TPSA) is 39.1 Å². The summed E-state index contributed by atoms with van der Waals surface area (Å²) in [6.07, 6.45) is 3.16. The van der Waals surface area contributed by atoms with Gasteiger partial charge in [-0.3, -0.25) is 4.68 Å². The van der Waals surface area contributed by atoms with Gasteiger partial charge in [-0.1, -0.05) is 18.2 Å². The third kappa shape index (κ3) is 2.70. The first-order chi connectivity index (χ1) is 9.74. The van der Waals surface area contributed by atoms with Gasteiger partial charge in [-0.15, -0.1) is 0 Å². The minimum absolute atomic E-state index is 0.539. The molecule has 0 saturated carbocycles. The standard InChI is InChI=1S/C16H21N3O/c1-12-14(11-19(2)18-12)10-17-9-13-7-8-20-16-6-4-3-5-15(13)16/h3-6,11,13,17H,7-10H2,1-2H3. The summed E-state index contributed by atoms with van der Waals surface area (Å²) in [5.41, 5.74) is 3.70. The van der Waals surface area contributed by atoms with Crippen LogP contribution in [-0.4, -0.2) is 22.9 Å². The first-order valence-corrected chi connectivity index (χ1v) is 7.15. The zero-order valence-corrected chi connectivity index (χ0v) is 12.1. The van der Waals surface area contributed by atoms with E-state index in [9.17, 15) is 0 Å². The average Bonchev–Trinajstić information content (AvgIpc) is 2.77. The number of para-hydroxylation sites is 1. The molecule has 2 aromatic rings. The Morgan fingerprint density at radius 2 is 2.25 bits per heavy atom. The third-order valence-electron chi connectivity index (χ3n) is 3.90. The Bertz CT molecular complexity index is 591. The molecule has 4 nitrogen and oxygen atoms in total. The lowest BCUT2D eigenvalue weighted by Gasteiger charge is -2.26. The Morgan fingerprint density at radius 1 is 1.40 bits per heavy atom. The van der Waals surface area contributed by atoms with Gasteiger partial charge in [-0.05, 0) is 25.0 Å². The van der Waals surface area contributed by atoms with Crippen LogP contribution >= 0.6 is 0 Å². The molecule has 0 amide bonds. The van der Waals surface area contributed by atoms with Crippen LogP contribution in [0.5, 0.6) is 5.75 Å². The summed E-state index contributed by atoms with van der Waals surface area (Å²) in [5, 5.41) is 7.93. The highest BCUT2D eigenvalue weighted by molar-refractivity contribution is 5.37. The molecular formula is C16H21N3O. The molecule has 1 aliphatic heterocycles. The van der Waals surface area contributed by atoms with Crippen molar-refractivity contribution in [3.05, 3.63) is 47.3 Å². The van der Waals surface area contributed by atoms with E-state index in [0.717, 1.165) is 37.6 Å². The summed E-state index contributed by atoms with van der Waals surface area (Å²) in [5.74, 6) is 1.58. The second kappa shape index (κ2) is 5.67. The molecule has 1 atom stereocenters. The molecule has 0 radical (unpaired) electrons. The van der Waals surface area contributed by atoms with Gasteiger partial charge < -0.3 is 10.1 Å². The van der Waals surface area contributed by atoms with Crippen molar-refractivity contribution in [1.29, 1.82) is 0 Å². The van der Waals surface area contributed by atoms with E-state index in [1.54, 1.807) is 0 Å². The normalized spacial score (nSPS) is 17.6. The average molecular weight is 271 g/mol. The molecule has 1 aromatic heterocycles. The van der Waals surface area contributed by atoms with Gasteiger partial charge in [0, 0.05) is 37.8 Å². The number of aromatic nitrogens is 2. The van der Waals surface area contributed by atoms with Crippen LogP contribution in [0.15, 0.2) is 30.5 Å². The molecule has 20 heavy (non-hydrogen) atoms. The molecule has 106 valence electrons. The van der Waals surface area contributed by atoms with Crippen LogP contribution in [0.3, 0.4) is 0 Å². The maximum Gasteiger partial charge on any atom is 0.122 e. The molecular weight excluding hydrogens is 250 g/mol. The van der Waals surface area contributed by atoms with Gasteiger partial charge >= 0.3 is 0 Å². The molecule has 4 heteroatoms. The molecule has 1 unspecified atom stereocenters. The monoisotopic (exact) mass is 271 g/mol. The van der Waals surface area contributed by atoms with E-state index in [1.807, 2.05) is 17.8 Å². The quantitative estimate of drug-likeness (QED) is 0.928. The molecule has 0 saturated heterocycles. The second-order valence-electron chi connectivity index (χ2n) is 5.42. The minimum Gasteiger partial charge on any atom is -0.493 e. The van der Waals surface area contributed by atoms with Crippen LogP contribution in [0.25, 0.3) is 0 Å². The molecule has 0 spiro atoms. The van der Waals surface area contributed by atoms with Crippen LogP contribution in [0.2, 0.25) is 0 Å². The molecule has 1 N–H and O–H groups in total. The van der Waals surface area contributed by atoms with E-state index in [-0.39, 0.29) is 0 Å². The van der Waals surface area contributed by atoms with Crippen molar-refractivity contribution < 1.29 is 4.74 Å². The summed E-state index contributed by atoms with van der Waals surface area (Å²) in [4.78, 5) is 0. The zero-order valence-electron chi connectivity index (χ0n) is 12.1. The maximum absolute atomic E-state index is 5.70. The Balaban J connectivity index is 1.61. The second-order valence-corrected chi connectivity index (χ2v) is 5.42. The van der Waals surface area contributed by atoms with Crippen molar-refractivity contribution in [2.75, 3.05) is 13.2 Å². The summed E-state index contributed by atoms with van der Waals surface area (Å²) >= 11 is 0. The lowest BCUT2D eigenvalue weighted by molar-refractivity contribution is 0.264. The first-order valence-electron chi connectivity index (χ1n) is 7.15. The third-order valence-corrected chi connectivity index (χ3v) is 3.90. The molecule has 3 rings (SSSR count). The smallest absolute Gasteiger partial charge is 0.122 e. The fourth-order valence-electron chi connectivity index (χ4n) is 2.83. The largest absolute Gasteiger partial charge is 0.493 e. The van der Waals surface area contributed by atoms with Gasteiger partial charge in [0.2, 0.25) is 0 Å². The highest BCUT2D eigenvalue weighted by atomic mass is 16.5. The van der Waals surface area contributed by atoms with Crippen LogP contribution in [0, 0.1) is 6.92 Å². The Morgan fingerprint density at radius 3 is 3.05 bits per heavy atom. The van der Waals surface area contributed by atoms with Gasteiger partial charge in [0.05, 0.1) is 12.3 Å². The highest BCUT2D eigenvalue weighted by Gasteiger charge is 2.20. The number of nitrogens with one attached hydrogen (secondary N) is 1. The summed E-state index contributed by atoms with van der Waals surface area (Å²) in [6.45, 7) is 4.73. The van der Waals surface area contributed by atoms with E-state index in [4.69, 9.17) is 4.74 Å². The van der Waals surface area contributed by atoms with Crippen LogP contribution in [0.1, 0.15) is 29.2 Å². The predicted molar refractivity (Wildman–Crippen MR) is 78.9 cm³/mol. The summed E-state index contributed by atoms with van der Waals surface area (Å²) < 4.78 is 7.57. The molecule has 2 heterocycles. The van der Waals surface area contributed by atoms with Gasteiger partial charge in [0.15, 0.2) is 0 Å². The molecule has 0 aliphatic carbocycles. The maximum atomic E-state index is 5.70. The van der Waals surface area contributed by atoms with E-state index >= 15 is 0 Å². The van der Waals surface area contributed by atoms with Crippen molar-refractivity contribution >= 4 is 0 Å². The lowest BCUT2D eigenvalue weighted by Crippen LogP contribution is -2.25. The summed E-state index contributed by atoms with van der Waals surface area (Å²) in [7, 11) is 1.96. The van der Waals surface area contributed by atoms with Crippen molar-refractivity contribution in [1.82, 2.24) is 15.1 Å². The van der Waals surface area contributed by atoms with E-state index < -0.39 is 0 Å². The molecule has 0 fully saturated rings. The van der Waals surface area contributed by atoms with E-state index in [0.29, 0.717) is 5.92 Å². The fraction of sp³-hybridized carbons (Fsp3) is 0.438. The van der Waals surface area contributed by atoms with Crippen molar-refractivity contribution in [2.45, 2.75) is 25.8 Å². The Kier molecular flexibility index (Phi) is 3.74. The number of fused-ring (bicyclic) bond motifs is 1. The summed E-state index contributed by atoms with van der Waals surface area (Å²) in [6, 6.07) is 8.36. The van der Waals surface area contributed by atoms with Crippen LogP contribution < -0.4 is 10.1 Å². The van der Waals surface area contributed by atoms with Crippen molar-refractivity contribution in [3.63, 3.8) is 0 Å². The molecule has 0 bridgehead atoms. The SMILES string of the molecule is Cc1nn(C)cc1CNCC1CCOc2ccccc21. The highest BCUT2D eigenvalue weighted by Crippen LogP contribution is 2.32. The van der Waals surface area contributed by atoms with Crippen molar-refractivity contribution in [3.8, 4) is 5.75 Å². The van der Waals surface area contributed by atoms with Gasteiger partial charge in [0.25, 0.3) is 0 Å². The number of ether oxygens (including phenoxy) is 1.